The molecule has 0 aliphatic carbocycles. The molecule has 1 N–H and O–H groups in total. The molecule has 1 rings (SSSR count). The lowest BCUT2D eigenvalue weighted by Gasteiger charge is -2.20. The van der Waals surface area contributed by atoms with Gasteiger partial charge < -0.3 is 15.0 Å². The summed E-state index contributed by atoms with van der Waals surface area (Å²) in [6, 6.07) is -0.932. The van der Waals surface area contributed by atoms with Crippen LogP contribution < -0.4 is 5.32 Å². The molecule has 1 heterocycles. The first-order valence-electron chi connectivity index (χ1n) is 6.92. The van der Waals surface area contributed by atoms with Crippen LogP contribution in [0.4, 0.5) is 4.79 Å². The molecule has 0 spiro atoms. The highest BCUT2D eigenvalue weighted by molar-refractivity contribution is 7.09. The summed E-state index contributed by atoms with van der Waals surface area (Å²) < 4.78 is 4.65. The minimum atomic E-state index is -0.619. The zero-order valence-corrected chi connectivity index (χ0v) is 14.0. The molecule has 0 bridgehead atoms. The number of carbonyl (C=O) groups excluding carboxylic acids is 2. The number of carbonyl (C=O) groups is 2. The lowest BCUT2D eigenvalue weighted by molar-refractivity contribution is -0.142. The molecule has 7 heteroatoms. The van der Waals surface area contributed by atoms with Gasteiger partial charge in [0.2, 0.25) is 0 Å². The SMILES string of the molecule is CC[C@H](NC(=O)N(C)Cc1csc(C(C)C)n1)C(=O)OC. The number of thiazole rings is 1. The number of amides is 2. The topological polar surface area (TPSA) is 71.5 Å². The first-order chi connectivity index (χ1) is 9.88. The Hall–Kier alpha value is -1.63. The van der Waals surface area contributed by atoms with Gasteiger partial charge in [-0.05, 0) is 6.42 Å². The van der Waals surface area contributed by atoms with Gasteiger partial charge in [-0.3, -0.25) is 0 Å². The van der Waals surface area contributed by atoms with Crippen LogP contribution in [0.1, 0.15) is 43.8 Å². The Kier molecular flexibility index (Phi) is 6.61. The van der Waals surface area contributed by atoms with Crippen LogP contribution in [-0.2, 0) is 16.1 Å². The molecule has 1 atom stereocenters. The molecule has 0 saturated carbocycles. The van der Waals surface area contributed by atoms with Gasteiger partial charge >= 0.3 is 12.0 Å². The van der Waals surface area contributed by atoms with Crippen LogP contribution >= 0.6 is 11.3 Å². The number of rotatable bonds is 6. The van der Waals surface area contributed by atoms with E-state index in [9.17, 15) is 9.59 Å². The largest absolute Gasteiger partial charge is 0.467 e. The van der Waals surface area contributed by atoms with E-state index in [1.165, 1.54) is 12.0 Å². The van der Waals surface area contributed by atoms with Gasteiger partial charge in [0.1, 0.15) is 6.04 Å². The van der Waals surface area contributed by atoms with Gasteiger partial charge in [-0.2, -0.15) is 0 Å². The van der Waals surface area contributed by atoms with Crippen LogP contribution in [0.15, 0.2) is 5.38 Å². The molecule has 0 saturated heterocycles. The predicted molar refractivity (Wildman–Crippen MR) is 82.3 cm³/mol. The number of hydrogen-bond acceptors (Lipinski definition) is 5. The van der Waals surface area contributed by atoms with Crippen molar-refractivity contribution in [1.29, 1.82) is 0 Å². The summed E-state index contributed by atoms with van der Waals surface area (Å²) in [6.45, 7) is 6.40. The lowest BCUT2D eigenvalue weighted by Crippen LogP contribution is -2.46. The number of ether oxygens (including phenoxy) is 1. The van der Waals surface area contributed by atoms with Crippen molar-refractivity contribution in [3.63, 3.8) is 0 Å². The van der Waals surface area contributed by atoms with Crippen LogP contribution in [0.5, 0.6) is 0 Å². The fourth-order valence-corrected chi connectivity index (χ4v) is 2.53. The number of urea groups is 1. The van der Waals surface area contributed by atoms with Crippen LogP contribution in [0, 0.1) is 0 Å². The van der Waals surface area contributed by atoms with Gasteiger partial charge in [-0.15, -0.1) is 11.3 Å². The number of methoxy groups -OCH3 is 1. The molecule has 1 aromatic heterocycles. The Morgan fingerprint density at radius 2 is 2.14 bits per heavy atom. The molecule has 2 amide bonds. The van der Waals surface area contributed by atoms with Gasteiger partial charge in [-0.1, -0.05) is 20.8 Å². The van der Waals surface area contributed by atoms with Crippen LogP contribution in [-0.4, -0.2) is 42.1 Å². The Labute approximate surface area is 129 Å². The quantitative estimate of drug-likeness (QED) is 0.818. The minimum Gasteiger partial charge on any atom is -0.467 e. The van der Waals surface area contributed by atoms with Crippen molar-refractivity contribution >= 4 is 23.3 Å². The highest BCUT2D eigenvalue weighted by Gasteiger charge is 2.21. The summed E-state index contributed by atoms with van der Waals surface area (Å²) in [7, 11) is 2.98. The second-order valence-electron chi connectivity index (χ2n) is 5.12. The van der Waals surface area contributed by atoms with Crippen molar-refractivity contribution in [2.24, 2.45) is 0 Å². The average Bonchev–Trinajstić information content (AvgIpc) is 2.92. The third-order valence-corrected chi connectivity index (χ3v) is 4.20. The highest BCUT2D eigenvalue weighted by Crippen LogP contribution is 2.19. The molecule has 0 unspecified atom stereocenters. The highest BCUT2D eigenvalue weighted by atomic mass is 32.1. The molecule has 0 aliphatic rings. The van der Waals surface area contributed by atoms with Crippen molar-refractivity contribution in [2.45, 2.75) is 45.7 Å². The standard InChI is InChI=1S/C14H23N3O3S/c1-6-11(13(18)20-5)16-14(19)17(4)7-10-8-21-12(15-10)9(2)3/h8-9,11H,6-7H2,1-5H3,(H,16,19)/t11-/m0/s1. The van der Waals surface area contributed by atoms with Gasteiger partial charge in [0.05, 0.1) is 24.4 Å². The molecule has 1 aromatic rings. The zero-order valence-electron chi connectivity index (χ0n) is 13.2. The van der Waals surface area contributed by atoms with Crippen molar-refractivity contribution in [2.75, 3.05) is 14.2 Å². The third kappa shape index (κ3) is 5.00. The summed E-state index contributed by atoms with van der Waals surface area (Å²) in [4.78, 5) is 29.5. The van der Waals surface area contributed by atoms with Crippen molar-refractivity contribution in [1.82, 2.24) is 15.2 Å². The normalized spacial score (nSPS) is 12.1. The van der Waals surface area contributed by atoms with Crippen molar-refractivity contribution in [3.8, 4) is 0 Å². The summed E-state index contributed by atoms with van der Waals surface area (Å²) in [5.41, 5.74) is 0.854. The first-order valence-corrected chi connectivity index (χ1v) is 7.80. The molecule has 0 radical (unpaired) electrons. The fourth-order valence-electron chi connectivity index (χ4n) is 1.70. The lowest BCUT2D eigenvalue weighted by atomic mass is 10.2. The van der Waals surface area contributed by atoms with E-state index in [1.807, 2.05) is 12.3 Å². The second-order valence-corrected chi connectivity index (χ2v) is 6.01. The van der Waals surface area contributed by atoms with E-state index in [2.05, 4.69) is 28.9 Å². The van der Waals surface area contributed by atoms with Gasteiger partial charge in [0, 0.05) is 18.3 Å². The van der Waals surface area contributed by atoms with E-state index >= 15 is 0 Å². The van der Waals surface area contributed by atoms with E-state index in [-0.39, 0.29) is 6.03 Å². The van der Waals surface area contributed by atoms with Gasteiger partial charge in [0.25, 0.3) is 0 Å². The maximum absolute atomic E-state index is 12.1. The molecular weight excluding hydrogens is 290 g/mol. The Balaban J connectivity index is 2.59. The third-order valence-electron chi connectivity index (χ3n) is 3.00. The Bertz CT molecular complexity index is 488. The summed E-state index contributed by atoms with van der Waals surface area (Å²) in [6.07, 6.45) is 0.487. The number of aromatic nitrogens is 1. The number of nitrogens with zero attached hydrogens (tertiary/aromatic N) is 2. The van der Waals surface area contributed by atoms with Crippen molar-refractivity contribution < 1.29 is 14.3 Å². The summed E-state index contributed by atoms with van der Waals surface area (Å²) in [5, 5.41) is 5.67. The van der Waals surface area contributed by atoms with E-state index < -0.39 is 12.0 Å². The predicted octanol–water partition coefficient (Wildman–Crippen LogP) is 2.36. The molecule has 118 valence electrons. The second kappa shape index (κ2) is 7.97. The monoisotopic (exact) mass is 313 g/mol. The molecule has 0 aliphatic heterocycles. The average molecular weight is 313 g/mol. The van der Waals surface area contributed by atoms with Crippen LogP contribution in [0.25, 0.3) is 0 Å². The first kappa shape index (κ1) is 17.4. The maximum Gasteiger partial charge on any atom is 0.328 e. The van der Waals surface area contributed by atoms with E-state index in [0.29, 0.717) is 18.9 Å². The van der Waals surface area contributed by atoms with Crippen LogP contribution in [0.3, 0.4) is 0 Å². The van der Waals surface area contributed by atoms with Gasteiger partial charge in [0.15, 0.2) is 0 Å². The van der Waals surface area contributed by atoms with Crippen molar-refractivity contribution in [3.05, 3.63) is 16.1 Å². The molecule has 6 nitrogen and oxygen atoms in total. The molecule has 0 fully saturated rings. The van der Waals surface area contributed by atoms with E-state index in [0.717, 1.165) is 10.7 Å². The number of nitrogens with one attached hydrogen (secondary N) is 1. The summed E-state index contributed by atoms with van der Waals surface area (Å²) >= 11 is 1.59. The van der Waals surface area contributed by atoms with E-state index in [4.69, 9.17) is 0 Å². The van der Waals surface area contributed by atoms with Crippen LogP contribution in [0.2, 0.25) is 0 Å². The smallest absolute Gasteiger partial charge is 0.328 e. The van der Waals surface area contributed by atoms with E-state index in [1.54, 1.807) is 18.4 Å². The number of hydrogen-bond donors (Lipinski definition) is 1. The zero-order chi connectivity index (χ0) is 16.0. The van der Waals surface area contributed by atoms with Gasteiger partial charge in [-0.25, -0.2) is 14.6 Å². The molecular formula is C14H23N3O3S. The fraction of sp³-hybridized carbons (Fsp3) is 0.643. The minimum absolute atomic E-state index is 0.314. The Morgan fingerprint density at radius 3 is 2.62 bits per heavy atom. The maximum atomic E-state index is 12.1. The molecule has 0 aromatic carbocycles. The summed E-state index contributed by atoms with van der Waals surface area (Å²) in [5.74, 6) is -0.0540. The number of esters is 1. The Morgan fingerprint density at radius 1 is 1.48 bits per heavy atom. The molecule has 21 heavy (non-hydrogen) atoms.